The van der Waals surface area contributed by atoms with Crippen LogP contribution in [0, 0.1) is 39.9 Å². The molecule has 0 aromatic carbocycles. The van der Waals surface area contributed by atoms with Crippen LogP contribution in [0.3, 0.4) is 0 Å². The van der Waals surface area contributed by atoms with Crippen LogP contribution in [0.4, 0.5) is 0 Å². The second kappa shape index (κ2) is 16.6. The molecule has 4 heavy (non-hydrogen) atoms. The molecule has 0 saturated carbocycles. The van der Waals surface area contributed by atoms with Crippen molar-refractivity contribution >= 4 is 0 Å². The van der Waals surface area contributed by atoms with Crippen LogP contribution in [0.2, 0.25) is 0 Å². The van der Waals surface area contributed by atoms with Crippen LogP contribution in [0.5, 0.6) is 0 Å². The van der Waals surface area contributed by atoms with Crippen molar-refractivity contribution in [2.45, 2.75) is 0 Å². The smallest absolute Gasteiger partial charge is 0 e. The Morgan fingerprint density at radius 3 is 1.00 bits per heavy atom. The molecule has 4 heteroatoms. The molecule has 0 amide bonds. The maximum Gasteiger partial charge on any atom is 0 e. The summed E-state index contributed by atoms with van der Waals surface area (Å²) in [5.74, 6) is 0. The van der Waals surface area contributed by atoms with E-state index >= 15 is 0 Å². The monoisotopic (exact) mass is 446 g/mol. The van der Waals surface area contributed by atoms with Crippen molar-refractivity contribution in [3.8, 4) is 0 Å². The van der Waals surface area contributed by atoms with Crippen LogP contribution >= 0.6 is 0 Å². The van der Waals surface area contributed by atoms with Gasteiger partial charge in [-0.15, -0.1) is 0 Å². The number of hydrogen-bond acceptors (Lipinski definition) is 0. The summed E-state index contributed by atoms with van der Waals surface area (Å²) >= 11 is 0. The molecule has 0 bridgehead atoms. The molecule has 0 aromatic heterocycles. The molecule has 0 aliphatic carbocycles. The molecular formula is H2GdHfOZr. The second-order valence-electron chi connectivity index (χ2n) is 0. The average Bonchev–Trinajstić information content (AvgIpc) is 0. The summed E-state index contributed by atoms with van der Waals surface area (Å²) in [6.07, 6.45) is 0. The van der Waals surface area contributed by atoms with Gasteiger partial charge in [-0.05, 0) is 0 Å². The summed E-state index contributed by atoms with van der Waals surface area (Å²) in [6.45, 7) is 0. The molecule has 0 aliphatic rings. The van der Waals surface area contributed by atoms with Crippen LogP contribution in [0.25, 0.3) is 0 Å². The Kier molecular flexibility index (Phi) is 115. The Balaban J connectivity index is 0. The zero-order valence-corrected chi connectivity index (χ0v) is 10.2. The van der Waals surface area contributed by atoms with Gasteiger partial charge >= 0.3 is 0 Å². The summed E-state index contributed by atoms with van der Waals surface area (Å²) in [7, 11) is 0. The van der Waals surface area contributed by atoms with Crippen molar-refractivity contribution in [2.75, 3.05) is 0 Å². The van der Waals surface area contributed by atoms with Gasteiger partial charge in [-0.1, -0.05) is 0 Å². The summed E-state index contributed by atoms with van der Waals surface area (Å²) in [5, 5.41) is 0. The van der Waals surface area contributed by atoms with Crippen LogP contribution < -0.4 is 0 Å². The third-order valence-electron chi connectivity index (χ3n) is 0. The minimum atomic E-state index is 0. The Hall–Kier alpha value is 3.04. The minimum absolute atomic E-state index is 0. The van der Waals surface area contributed by atoms with E-state index < -0.39 is 0 Å². The number of hydrogen-bond donors (Lipinski definition) is 0. The van der Waals surface area contributed by atoms with E-state index in [9.17, 15) is 0 Å². The molecule has 0 unspecified atom stereocenters. The quantitative estimate of drug-likeness (QED) is 0.437. The molecule has 1 nitrogen and oxygen atoms in total. The van der Waals surface area contributed by atoms with Crippen molar-refractivity contribution < 1.29 is 97.5 Å². The second-order valence-corrected chi connectivity index (χ2v) is 0. The molecule has 0 atom stereocenters. The van der Waals surface area contributed by atoms with Gasteiger partial charge in [-0.2, -0.15) is 0 Å². The fourth-order valence-electron chi connectivity index (χ4n) is 0. The standard InChI is InChI=1S/Gd.Hf.H2O.Zr/h;;1H2;. The fraction of sp³-hybridized carbons (Fsp3) is 0. The molecule has 0 radical (unpaired) electrons. The van der Waals surface area contributed by atoms with Crippen molar-refractivity contribution in [1.82, 2.24) is 0 Å². The average molecular weight is 445 g/mol. The zero-order valence-electron chi connectivity index (χ0n) is 1.85. The van der Waals surface area contributed by atoms with Gasteiger partial charge in [0.1, 0.15) is 0 Å². The van der Waals surface area contributed by atoms with Gasteiger partial charge in [0.2, 0.25) is 0 Å². The largest absolute Gasteiger partial charge is 0.412 e. The van der Waals surface area contributed by atoms with Crippen molar-refractivity contribution in [1.29, 1.82) is 0 Å². The first-order valence-electron chi connectivity index (χ1n) is 0. The van der Waals surface area contributed by atoms with Gasteiger partial charge in [0.25, 0.3) is 0 Å². The molecule has 0 saturated heterocycles. The third-order valence-corrected chi connectivity index (χ3v) is 0. The molecule has 0 rings (SSSR count). The van der Waals surface area contributed by atoms with Gasteiger partial charge < -0.3 is 5.48 Å². The Morgan fingerprint density at radius 2 is 1.00 bits per heavy atom. The molecule has 2 N–H and O–H groups in total. The van der Waals surface area contributed by atoms with Gasteiger partial charge in [-0.25, -0.2) is 0 Å². The molecule has 0 aromatic rings. The Morgan fingerprint density at radius 1 is 1.00 bits per heavy atom. The normalized spacial score (nSPS) is 0. The van der Waals surface area contributed by atoms with Crippen molar-refractivity contribution in [3.63, 3.8) is 0 Å². The minimum Gasteiger partial charge on any atom is -0.412 e. The molecule has 0 heterocycles. The fourth-order valence-corrected chi connectivity index (χ4v) is 0. The van der Waals surface area contributed by atoms with E-state index in [4.69, 9.17) is 0 Å². The third kappa shape index (κ3) is 8.90. The predicted molar refractivity (Wildman–Crippen MR) is 3.61 cm³/mol. The van der Waals surface area contributed by atoms with Crippen molar-refractivity contribution in [2.24, 2.45) is 0 Å². The van der Waals surface area contributed by atoms with Gasteiger partial charge in [0.15, 0.2) is 0 Å². The molecule has 0 fully saturated rings. The maximum absolute atomic E-state index is 0. The zero-order chi connectivity index (χ0) is 0. The van der Waals surface area contributed by atoms with E-state index in [0.29, 0.717) is 0 Å². The molecule has 0 aliphatic heterocycles. The summed E-state index contributed by atoms with van der Waals surface area (Å²) < 4.78 is 0. The van der Waals surface area contributed by atoms with E-state index in [-0.39, 0.29) is 97.5 Å². The topological polar surface area (TPSA) is 31.5 Å². The van der Waals surface area contributed by atoms with Crippen LogP contribution in [0.1, 0.15) is 0 Å². The first-order chi connectivity index (χ1) is 0. The maximum atomic E-state index is 0. The summed E-state index contributed by atoms with van der Waals surface area (Å²) in [4.78, 5) is 0. The SMILES string of the molecule is O.[Gd].[Hf].[Zr]. The first kappa shape index (κ1) is 27.8. The van der Waals surface area contributed by atoms with E-state index in [2.05, 4.69) is 0 Å². The Labute approximate surface area is 95.2 Å². The van der Waals surface area contributed by atoms with Crippen LogP contribution in [-0.2, 0) is 52.0 Å². The predicted octanol–water partition coefficient (Wildman–Crippen LogP) is -0.830. The van der Waals surface area contributed by atoms with E-state index in [1.807, 2.05) is 0 Å². The van der Waals surface area contributed by atoms with E-state index in [0.717, 1.165) is 0 Å². The van der Waals surface area contributed by atoms with E-state index in [1.165, 1.54) is 0 Å². The summed E-state index contributed by atoms with van der Waals surface area (Å²) in [5.41, 5.74) is 0. The number of rotatable bonds is 0. The molecular weight excluding hydrogens is 443 g/mol. The van der Waals surface area contributed by atoms with E-state index in [1.54, 1.807) is 0 Å². The van der Waals surface area contributed by atoms with Gasteiger partial charge in [0.05, 0.1) is 0 Å². The Bertz CT molecular complexity index is 8.00. The molecule has 24 valence electrons. The van der Waals surface area contributed by atoms with Crippen LogP contribution in [0.15, 0.2) is 0 Å². The first-order valence-corrected chi connectivity index (χ1v) is 0. The van der Waals surface area contributed by atoms with Gasteiger partial charge in [-0.3, -0.25) is 0 Å². The molecule has 0 spiro atoms. The van der Waals surface area contributed by atoms with Gasteiger partial charge in [0, 0.05) is 92.0 Å². The van der Waals surface area contributed by atoms with Crippen LogP contribution in [-0.4, -0.2) is 5.48 Å². The summed E-state index contributed by atoms with van der Waals surface area (Å²) in [6, 6.07) is 0. The van der Waals surface area contributed by atoms with Crippen molar-refractivity contribution in [3.05, 3.63) is 0 Å².